The van der Waals surface area contributed by atoms with E-state index in [1.54, 1.807) is 0 Å². The highest BCUT2D eigenvalue weighted by Gasteiger charge is 2.25. The van der Waals surface area contributed by atoms with Gasteiger partial charge in [0.15, 0.2) is 0 Å². The Morgan fingerprint density at radius 1 is 1.32 bits per heavy atom. The van der Waals surface area contributed by atoms with E-state index in [1.165, 1.54) is 0 Å². The Kier molecular flexibility index (Phi) is 9.04. The highest BCUT2D eigenvalue weighted by Crippen LogP contribution is 2.01. The van der Waals surface area contributed by atoms with Crippen LogP contribution < -0.4 is 5.32 Å². The predicted octanol–water partition coefficient (Wildman–Crippen LogP) is -3.30. The molecule has 9 nitrogen and oxygen atoms in total. The summed E-state index contributed by atoms with van der Waals surface area (Å²) in [4.78, 5) is 36.7. The second-order valence-corrected chi connectivity index (χ2v) is 6.14. The third-order valence-corrected chi connectivity index (χ3v) is 3.22. The number of hydrogen-bond acceptors (Lipinski definition) is 8. The lowest BCUT2D eigenvalue weighted by atomic mass is 10.3. The molecule has 19 heavy (non-hydrogen) atoms. The van der Waals surface area contributed by atoms with Crippen LogP contribution in [0.25, 0.3) is 0 Å². The number of carboxylic acids is 1. The van der Waals surface area contributed by atoms with Crippen molar-refractivity contribution in [2.75, 3.05) is 26.4 Å². The van der Waals surface area contributed by atoms with Crippen molar-refractivity contribution < 1.29 is 39.2 Å². The highest BCUT2D eigenvalue weighted by atomic mass is 28.4. The van der Waals surface area contributed by atoms with E-state index in [0.717, 1.165) is 0 Å². The molecule has 0 rings (SSSR count). The minimum Gasteiger partial charge on any atom is -0.480 e. The van der Waals surface area contributed by atoms with Gasteiger partial charge in [0.2, 0.25) is 0 Å². The zero-order valence-corrected chi connectivity index (χ0v) is 11.4. The average Bonchev–Trinajstić information content (AvgIpc) is 2.27. The molecule has 0 aromatic rings. The molecular formula is C9H21NO8Si. The number of hydrogen-bond donors (Lipinski definition) is 7. The molecule has 0 saturated heterocycles. The molecule has 0 fully saturated rings. The van der Waals surface area contributed by atoms with Gasteiger partial charge in [-0.2, -0.15) is 0 Å². The maximum atomic E-state index is 10.5. The largest absolute Gasteiger partial charge is 0.492 e. The minimum absolute atomic E-state index is 0.0593. The molecule has 2 atom stereocenters. The third-order valence-electron chi connectivity index (χ3n) is 2.19. The number of aliphatic hydroxyl groups excluding tert-OH is 2. The van der Waals surface area contributed by atoms with E-state index in [4.69, 9.17) is 29.3 Å². The van der Waals surface area contributed by atoms with Crippen molar-refractivity contribution in [2.24, 2.45) is 0 Å². The summed E-state index contributed by atoms with van der Waals surface area (Å²) in [6.45, 7) is -0.577. The summed E-state index contributed by atoms with van der Waals surface area (Å²) in [5, 5.41) is 29.2. The Balaban J connectivity index is 3.59. The summed E-state index contributed by atoms with van der Waals surface area (Å²) in [7, 11) is -4.03. The summed E-state index contributed by atoms with van der Waals surface area (Å²) in [5.74, 6) is -1.22. The molecule has 0 amide bonds. The smallest absolute Gasteiger partial charge is 0.480 e. The van der Waals surface area contributed by atoms with Crippen LogP contribution >= 0.6 is 0 Å². The Hall–Kier alpha value is -0.593. The number of nitrogens with one attached hydrogen (secondary N) is 1. The monoisotopic (exact) mass is 299 g/mol. The molecule has 0 bridgehead atoms. The fourth-order valence-electron chi connectivity index (χ4n) is 1.20. The fraction of sp³-hybridized carbons (Fsp3) is 0.889. The summed E-state index contributed by atoms with van der Waals surface area (Å²) < 4.78 is 5.01. The SMILES string of the molecule is O=C(O)[C@H](CO)NCC(O)COCCC[Si](O)(O)O. The maximum Gasteiger partial charge on any atom is 0.492 e. The number of carbonyl (C=O) groups is 1. The molecule has 114 valence electrons. The molecule has 1 unspecified atom stereocenters. The number of aliphatic carboxylic acids is 1. The molecule has 0 saturated carbocycles. The van der Waals surface area contributed by atoms with Crippen LogP contribution in [0.3, 0.4) is 0 Å². The molecule has 0 aliphatic rings. The molecule has 7 N–H and O–H groups in total. The second kappa shape index (κ2) is 9.33. The fourth-order valence-corrected chi connectivity index (χ4v) is 1.82. The summed E-state index contributed by atoms with van der Waals surface area (Å²) >= 11 is 0. The van der Waals surface area contributed by atoms with Crippen molar-refractivity contribution in [1.82, 2.24) is 5.32 Å². The van der Waals surface area contributed by atoms with E-state index in [0.29, 0.717) is 0 Å². The van der Waals surface area contributed by atoms with Crippen LogP contribution in [0.1, 0.15) is 6.42 Å². The molecule has 0 aliphatic heterocycles. The van der Waals surface area contributed by atoms with Crippen molar-refractivity contribution in [3.05, 3.63) is 0 Å². The van der Waals surface area contributed by atoms with Crippen molar-refractivity contribution in [2.45, 2.75) is 24.6 Å². The predicted molar refractivity (Wildman–Crippen MR) is 65.2 cm³/mol. The van der Waals surface area contributed by atoms with Gasteiger partial charge in [0.05, 0.1) is 19.3 Å². The van der Waals surface area contributed by atoms with Gasteiger partial charge >= 0.3 is 14.8 Å². The Bertz CT molecular complexity index is 259. The molecule has 0 aromatic carbocycles. The quantitative estimate of drug-likeness (QED) is 0.153. The first kappa shape index (κ1) is 18.4. The van der Waals surface area contributed by atoms with Crippen molar-refractivity contribution in [1.29, 1.82) is 0 Å². The first-order valence-electron chi connectivity index (χ1n) is 5.76. The van der Waals surface area contributed by atoms with Gasteiger partial charge in [0.1, 0.15) is 6.04 Å². The van der Waals surface area contributed by atoms with Gasteiger partial charge < -0.3 is 34.4 Å². The molecular weight excluding hydrogens is 278 g/mol. The lowest BCUT2D eigenvalue weighted by Gasteiger charge is -2.16. The van der Waals surface area contributed by atoms with E-state index in [1.807, 2.05) is 0 Å². The van der Waals surface area contributed by atoms with Crippen molar-refractivity contribution in [3.63, 3.8) is 0 Å². The number of rotatable bonds is 11. The van der Waals surface area contributed by atoms with Crippen molar-refractivity contribution in [3.8, 4) is 0 Å². The van der Waals surface area contributed by atoms with E-state index in [2.05, 4.69) is 5.32 Å². The second-order valence-electron chi connectivity index (χ2n) is 4.09. The molecule has 0 radical (unpaired) electrons. The van der Waals surface area contributed by atoms with Gasteiger partial charge in [-0.05, 0) is 6.42 Å². The topological polar surface area (TPSA) is 160 Å². The number of aliphatic hydroxyl groups is 2. The van der Waals surface area contributed by atoms with Crippen LogP contribution in [0.15, 0.2) is 0 Å². The van der Waals surface area contributed by atoms with Gasteiger partial charge in [-0.3, -0.25) is 10.1 Å². The normalized spacial score (nSPS) is 15.2. The lowest BCUT2D eigenvalue weighted by molar-refractivity contribution is -0.140. The highest BCUT2D eigenvalue weighted by molar-refractivity contribution is 6.56. The zero-order valence-electron chi connectivity index (χ0n) is 10.4. The van der Waals surface area contributed by atoms with E-state index < -0.39 is 33.5 Å². The molecule has 0 spiro atoms. The summed E-state index contributed by atoms with van der Waals surface area (Å²) in [6.07, 6.45) is -0.711. The van der Waals surface area contributed by atoms with Crippen LogP contribution in [0.2, 0.25) is 6.04 Å². The first-order chi connectivity index (χ1) is 8.76. The van der Waals surface area contributed by atoms with Gasteiger partial charge in [-0.25, -0.2) is 0 Å². The summed E-state index contributed by atoms with van der Waals surface area (Å²) in [5.41, 5.74) is 0. The lowest BCUT2D eigenvalue weighted by Crippen LogP contribution is -2.44. The Morgan fingerprint density at radius 2 is 1.95 bits per heavy atom. The Labute approximate surface area is 111 Å². The van der Waals surface area contributed by atoms with Gasteiger partial charge in [0.25, 0.3) is 0 Å². The number of ether oxygens (including phenoxy) is 1. The van der Waals surface area contributed by atoms with E-state index >= 15 is 0 Å². The van der Waals surface area contributed by atoms with Crippen LogP contribution in [-0.2, 0) is 9.53 Å². The zero-order chi connectivity index (χ0) is 14.9. The molecule has 0 aromatic heterocycles. The van der Waals surface area contributed by atoms with E-state index in [-0.39, 0.29) is 32.2 Å². The molecule has 10 heteroatoms. The maximum absolute atomic E-state index is 10.5. The minimum atomic E-state index is -4.03. The average molecular weight is 299 g/mol. The van der Waals surface area contributed by atoms with Crippen LogP contribution in [0.4, 0.5) is 0 Å². The third kappa shape index (κ3) is 11.0. The number of carboxylic acid groups (broad SMARTS) is 1. The Morgan fingerprint density at radius 3 is 2.42 bits per heavy atom. The van der Waals surface area contributed by atoms with E-state index in [9.17, 15) is 9.90 Å². The first-order valence-corrected chi connectivity index (χ1v) is 7.81. The van der Waals surface area contributed by atoms with Crippen molar-refractivity contribution >= 4 is 14.8 Å². The van der Waals surface area contributed by atoms with Crippen LogP contribution in [-0.4, -0.2) is 83.0 Å². The van der Waals surface area contributed by atoms with Gasteiger partial charge in [0, 0.05) is 19.2 Å². The molecule has 0 heterocycles. The summed E-state index contributed by atoms with van der Waals surface area (Å²) in [6, 6.07) is -1.29. The van der Waals surface area contributed by atoms with Gasteiger partial charge in [-0.1, -0.05) is 0 Å². The van der Waals surface area contributed by atoms with Crippen LogP contribution in [0, 0.1) is 0 Å². The van der Waals surface area contributed by atoms with Gasteiger partial charge in [-0.15, -0.1) is 0 Å². The van der Waals surface area contributed by atoms with Crippen LogP contribution in [0.5, 0.6) is 0 Å². The molecule has 0 aliphatic carbocycles. The standard InChI is InChI=1S/C9H21NO8Si/c11-5-8(9(13)14)10-4-7(12)6-18-2-1-3-19(15,16)17/h7-8,10-12,15-17H,1-6H2,(H,13,14)/t7?,8-/m0/s1.